The number of furan rings is 1. The molecular weight excluding hydrogens is 322 g/mol. The molecule has 1 aromatic rings. The number of nitrogens with zero attached hydrogens (tertiary/aromatic N) is 1. The van der Waals surface area contributed by atoms with E-state index in [1.807, 2.05) is 0 Å². The summed E-state index contributed by atoms with van der Waals surface area (Å²) < 4.78 is 5.32. The summed E-state index contributed by atoms with van der Waals surface area (Å²) in [5, 5.41) is 18.1. The van der Waals surface area contributed by atoms with E-state index in [0.717, 1.165) is 17.8 Å². The molecule has 0 saturated heterocycles. The molecule has 1 aliphatic rings. The highest BCUT2D eigenvalue weighted by Crippen LogP contribution is 2.28. The maximum Gasteiger partial charge on any atom is 0.191 e. The van der Waals surface area contributed by atoms with Crippen LogP contribution in [0.5, 0.6) is 0 Å². The maximum atomic E-state index is 10.5. The van der Waals surface area contributed by atoms with Gasteiger partial charge in [-0.3, -0.25) is 0 Å². The van der Waals surface area contributed by atoms with E-state index in [1.54, 1.807) is 25.3 Å². The molecule has 6 heteroatoms. The van der Waals surface area contributed by atoms with Crippen LogP contribution in [0.4, 0.5) is 0 Å². The van der Waals surface area contributed by atoms with Crippen molar-refractivity contribution < 1.29 is 9.52 Å². The highest BCUT2D eigenvalue weighted by atomic mass is 32.2. The first-order valence-electron chi connectivity index (χ1n) is 8.98. The number of aliphatic imine (C=N–C) groups is 1. The second kappa shape index (κ2) is 9.37. The number of aliphatic hydroxyl groups is 1. The van der Waals surface area contributed by atoms with Crippen molar-refractivity contribution in [1.29, 1.82) is 0 Å². The van der Waals surface area contributed by atoms with Crippen LogP contribution in [0, 0.1) is 0 Å². The van der Waals surface area contributed by atoms with Crippen LogP contribution in [-0.4, -0.2) is 41.2 Å². The molecular formula is C18H31N3O2S. The van der Waals surface area contributed by atoms with Gasteiger partial charge in [0.1, 0.15) is 11.4 Å². The lowest BCUT2D eigenvalue weighted by Crippen LogP contribution is -2.46. The van der Waals surface area contributed by atoms with Gasteiger partial charge in [0.2, 0.25) is 0 Å². The van der Waals surface area contributed by atoms with Gasteiger partial charge in [0, 0.05) is 17.8 Å². The summed E-state index contributed by atoms with van der Waals surface area (Å²) in [6, 6.07) is 4.02. The first-order chi connectivity index (χ1) is 11.5. The van der Waals surface area contributed by atoms with E-state index in [-0.39, 0.29) is 6.54 Å². The summed E-state index contributed by atoms with van der Waals surface area (Å²) in [5.41, 5.74) is -1.10. The molecule has 0 bridgehead atoms. The number of nitrogens with one attached hydrogen (secondary N) is 2. The van der Waals surface area contributed by atoms with Crippen molar-refractivity contribution in [1.82, 2.24) is 10.6 Å². The predicted molar refractivity (Wildman–Crippen MR) is 102 cm³/mol. The highest BCUT2D eigenvalue weighted by molar-refractivity contribution is 7.99. The number of hydrogen-bond acceptors (Lipinski definition) is 4. The normalized spacial score (nSPS) is 24.4. The summed E-state index contributed by atoms with van der Waals surface area (Å²) in [7, 11) is 0. The van der Waals surface area contributed by atoms with Crippen LogP contribution < -0.4 is 10.6 Å². The van der Waals surface area contributed by atoms with Gasteiger partial charge >= 0.3 is 0 Å². The van der Waals surface area contributed by atoms with Gasteiger partial charge in [0.05, 0.1) is 12.8 Å². The van der Waals surface area contributed by atoms with E-state index in [1.165, 1.54) is 31.4 Å². The van der Waals surface area contributed by atoms with Crippen LogP contribution in [-0.2, 0) is 5.60 Å². The Bertz CT molecular complexity index is 500. The zero-order valence-corrected chi connectivity index (χ0v) is 15.9. The Morgan fingerprint density at radius 1 is 1.46 bits per heavy atom. The first-order valence-corrected chi connectivity index (χ1v) is 10.0. The molecule has 0 aliphatic heterocycles. The second-order valence-corrected chi connectivity index (χ2v) is 8.11. The van der Waals surface area contributed by atoms with Crippen molar-refractivity contribution in [2.75, 3.05) is 18.8 Å². The van der Waals surface area contributed by atoms with Crippen LogP contribution in [0.3, 0.4) is 0 Å². The average Bonchev–Trinajstić information content (AvgIpc) is 3.09. The van der Waals surface area contributed by atoms with Crippen molar-refractivity contribution in [2.45, 2.75) is 63.3 Å². The van der Waals surface area contributed by atoms with E-state index < -0.39 is 5.60 Å². The van der Waals surface area contributed by atoms with Crippen LogP contribution >= 0.6 is 11.8 Å². The minimum atomic E-state index is -1.10. The quantitative estimate of drug-likeness (QED) is 0.519. The van der Waals surface area contributed by atoms with E-state index in [2.05, 4.69) is 41.2 Å². The van der Waals surface area contributed by atoms with Gasteiger partial charge in [0.15, 0.2) is 5.96 Å². The van der Waals surface area contributed by atoms with Gasteiger partial charge in [-0.05, 0) is 51.0 Å². The highest BCUT2D eigenvalue weighted by Gasteiger charge is 2.27. The van der Waals surface area contributed by atoms with E-state index in [0.29, 0.717) is 11.8 Å². The van der Waals surface area contributed by atoms with Crippen LogP contribution in [0.15, 0.2) is 27.8 Å². The van der Waals surface area contributed by atoms with Crippen LogP contribution in [0.1, 0.15) is 52.2 Å². The predicted octanol–water partition coefficient (Wildman–Crippen LogP) is 3.11. The largest absolute Gasteiger partial charge is 0.466 e. The maximum absolute atomic E-state index is 10.5. The van der Waals surface area contributed by atoms with Crippen molar-refractivity contribution in [3.8, 4) is 0 Å². The minimum absolute atomic E-state index is 0.260. The van der Waals surface area contributed by atoms with Gasteiger partial charge in [-0.15, -0.1) is 0 Å². The van der Waals surface area contributed by atoms with E-state index in [9.17, 15) is 5.11 Å². The first kappa shape index (κ1) is 19.2. The Balaban J connectivity index is 1.95. The Morgan fingerprint density at radius 3 is 2.96 bits per heavy atom. The van der Waals surface area contributed by atoms with Crippen LogP contribution in [0.2, 0.25) is 0 Å². The zero-order valence-electron chi connectivity index (χ0n) is 15.0. The van der Waals surface area contributed by atoms with Crippen molar-refractivity contribution in [3.05, 3.63) is 24.2 Å². The fourth-order valence-electron chi connectivity index (χ4n) is 3.07. The lowest BCUT2D eigenvalue weighted by molar-refractivity contribution is 0.0436. The van der Waals surface area contributed by atoms with Gasteiger partial charge < -0.3 is 20.2 Å². The molecule has 1 heterocycles. The Labute approximate surface area is 149 Å². The number of hydrogen-bond donors (Lipinski definition) is 3. The molecule has 1 aliphatic carbocycles. The molecule has 0 radical (unpaired) electrons. The smallest absolute Gasteiger partial charge is 0.191 e. The summed E-state index contributed by atoms with van der Waals surface area (Å²) in [6.45, 7) is 7.07. The molecule has 3 atom stereocenters. The summed E-state index contributed by atoms with van der Waals surface area (Å²) in [5.74, 6) is 2.49. The third-order valence-electron chi connectivity index (χ3n) is 4.31. The number of guanidine groups is 1. The lowest BCUT2D eigenvalue weighted by atomic mass is 9.95. The molecule has 0 aromatic carbocycles. The van der Waals surface area contributed by atoms with Gasteiger partial charge in [-0.25, -0.2) is 4.99 Å². The van der Waals surface area contributed by atoms with Crippen molar-refractivity contribution in [3.63, 3.8) is 0 Å². The minimum Gasteiger partial charge on any atom is -0.466 e. The van der Waals surface area contributed by atoms with E-state index in [4.69, 9.17) is 4.42 Å². The average molecular weight is 354 g/mol. The summed E-state index contributed by atoms with van der Waals surface area (Å²) in [4.78, 5) is 4.58. The molecule has 3 N–H and O–H groups in total. The topological polar surface area (TPSA) is 69.8 Å². The number of thioether (sulfide) groups is 1. The summed E-state index contributed by atoms with van der Waals surface area (Å²) in [6.07, 6.45) is 6.51. The summed E-state index contributed by atoms with van der Waals surface area (Å²) >= 11 is 2.06. The van der Waals surface area contributed by atoms with Crippen LogP contribution in [0.25, 0.3) is 0 Å². The number of rotatable bonds is 7. The standard InChI is InChI=1S/C18H31N3O2S/c1-4-19-17(20-13-18(3,22)16-10-7-11-23-16)21-14-8-6-9-15(12-14)24-5-2/h7,10-11,14-15,22H,4-6,8-9,12-13H2,1-3H3,(H2,19,20,21). The molecule has 0 spiro atoms. The van der Waals surface area contributed by atoms with Crippen molar-refractivity contribution >= 4 is 17.7 Å². The lowest BCUT2D eigenvalue weighted by Gasteiger charge is -2.30. The molecule has 1 saturated carbocycles. The third kappa shape index (κ3) is 5.74. The Morgan fingerprint density at radius 2 is 2.29 bits per heavy atom. The monoisotopic (exact) mass is 353 g/mol. The second-order valence-electron chi connectivity index (χ2n) is 6.53. The van der Waals surface area contributed by atoms with E-state index >= 15 is 0 Å². The zero-order chi connectivity index (χ0) is 17.4. The Kier molecular flexibility index (Phi) is 7.49. The van der Waals surface area contributed by atoms with Gasteiger partial charge in [0.25, 0.3) is 0 Å². The molecule has 2 rings (SSSR count). The molecule has 0 amide bonds. The Hall–Kier alpha value is -1.14. The molecule has 1 fully saturated rings. The SMILES string of the molecule is CCNC(=NCC(C)(O)c1ccco1)NC1CCCC(SCC)C1. The molecule has 3 unspecified atom stereocenters. The molecule has 24 heavy (non-hydrogen) atoms. The molecule has 5 nitrogen and oxygen atoms in total. The fraction of sp³-hybridized carbons (Fsp3) is 0.722. The van der Waals surface area contributed by atoms with Crippen molar-refractivity contribution in [2.24, 2.45) is 4.99 Å². The fourth-order valence-corrected chi connectivity index (χ4v) is 4.25. The van der Waals surface area contributed by atoms with Gasteiger partial charge in [-0.2, -0.15) is 11.8 Å². The third-order valence-corrected chi connectivity index (χ3v) is 5.54. The van der Waals surface area contributed by atoms with Gasteiger partial charge in [-0.1, -0.05) is 13.3 Å². The molecule has 136 valence electrons. The molecule has 1 aromatic heterocycles.